The lowest BCUT2D eigenvalue weighted by molar-refractivity contribution is -0.140. The predicted octanol–water partition coefficient (Wildman–Crippen LogP) is 9.62. The fraction of sp³-hybridized carbons (Fsp3) is 0.237. The van der Waals surface area contributed by atoms with Crippen LogP contribution in [-0.4, -0.2) is 17.5 Å². The first-order chi connectivity index (χ1) is 20.9. The fourth-order valence-corrected chi connectivity index (χ4v) is 7.62. The van der Waals surface area contributed by atoms with Crippen molar-refractivity contribution < 1.29 is 14.4 Å². The summed E-state index contributed by atoms with van der Waals surface area (Å²) in [6.07, 6.45) is 3.90. The first kappa shape index (κ1) is 28.8. The van der Waals surface area contributed by atoms with Crippen LogP contribution in [0.25, 0.3) is 21.9 Å². The Morgan fingerprint density at radius 2 is 1.53 bits per heavy atom. The molecule has 0 N–H and O–H groups in total. The van der Waals surface area contributed by atoms with Gasteiger partial charge in [-0.3, -0.25) is 4.79 Å². The minimum absolute atomic E-state index is 0.0721. The van der Waals surface area contributed by atoms with E-state index < -0.39 is 5.97 Å². The quantitative estimate of drug-likeness (QED) is 0.0749. The van der Waals surface area contributed by atoms with Crippen LogP contribution in [0.3, 0.4) is 0 Å². The summed E-state index contributed by atoms with van der Waals surface area (Å²) in [6, 6.07) is 28.9. The van der Waals surface area contributed by atoms with Crippen LogP contribution >= 0.6 is 11.3 Å². The largest absolute Gasteiger partial charge is 0.332 e. The average molecular weight is 586 g/mol. The number of benzene rings is 4. The van der Waals surface area contributed by atoms with Gasteiger partial charge in [-0.1, -0.05) is 98.6 Å². The molecule has 0 spiro atoms. The second-order valence-electron chi connectivity index (χ2n) is 11.4. The van der Waals surface area contributed by atoms with E-state index in [0.29, 0.717) is 5.71 Å². The number of aryl methyl sites for hydroxylation is 1. The molecule has 0 fully saturated rings. The van der Waals surface area contributed by atoms with Crippen LogP contribution in [-0.2, 0) is 15.0 Å². The van der Waals surface area contributed by atoms with Gasteiger partial charge >= 0.3 is 5.97 Å². The van der Waals surface area contributed by atoms with Gasteiger partial charge in [0.2, 0.25) is 5.78 Å². The van der Waals surface area contributed by atoms with Crippen LogP contribution in [0, 0.1) is 6.92 Å². The van der Waals surface area contributed by atoms with Crippen molar-refractivity contribution in [3.05, 3.63) is 129 Å². The standard InChI is InChI=1S/C38H35NO3S/c1-5-19-38(20-6-2)32-22-26(36(39-42-25(4)40)27-13-8-7-12-24(27)3)17-18-30(32)35-29-15-10-9-14-28(29)31(23-33(35)38)37(41)34-16-11-21-43-34/h7-18,21-23H,5-6,19-20H2,1-4H3/b39-36+. The van der Waals surface area contributed by atoms with Crippen molar-refractivity contribution >= 4 is 39.6 Å². The molecule has 0 unspecified atom stereocenters. The number of thiophene rings is 1. The van der Waals surface area contributed by atoms with Gasteiger partial charge in [0.1, 0.15) is 5.71 Å². The Bertz CT molecular complexity index is 1880. The Morgan fingerprint density at radius 1 is 0.814 bits per heavy atom. The monoisotopic (exact) mass is 585 g/mol. The van der Waals surface area contributed by atoms with Crippen molar-refractivity contribution in [1.29, 1.82) is 0 Å². The molecule has 0 aliphatic heterocycles. The Labute approximate surface area is 257 Å². The van der Waals surface area contributed by atoms with Crippen LogP contribution in [0.15, 0.2) is 95.5 Å². The highest BCUT2D eigenvalue weighted by molar-refractivity contribution is 7.12. The molecular weight excluding hydrogens is 550 g/mol. The number of nitrogens with zero attached hydrogens (tertiary/aromatic N) is 1. The average Bonchev–Trinajstić information content (AvgIpc) is 3.64. The van der Waals surface area contributed by atoms with E-state index >= 15 is 0 Å². The zero-order valence-electron chi connectivity index (χ0n) is 25.1. The molecule has 0 amide bonds. The molecule has 0 radical (unpaired) electrons. The van der Waals surface area contributed by atoms with Gasteiger partial charge in [0.15, 0.2) is 0 Å². The van der Waals surface area contributed by atoms with E-state index in [4.69, 9.17) is 4.84 Å². The molecule has 6 rings (SSSR count). The summed E-state index contributed by atoms with van der Waals surface area (Å²) in [5.41, 5.74) is 8.90. The van der Waals surface area contributed by atoms with E-state index in [1.54, 1.807) is 0 Å². The molecule has 216 valence electrons. The molecule has 4 aromatic carbocycles. The molecule has 0 bridgehead atoms. The highest BCUT2D eigenvalue weighted by Gasteiger charge is 2.43. The summed E-state index contributed by atoms with van der Waals surface area (Å²) in [4.78, 5) is 31.8. The van der Waals surface area contributed by atoms with E-state index in [0.717, 1.165) is 63.6 Å². The Kier molecular flexibility index (Phi) is 7.85. The number of oxime groups is 1. The maximum atomic E-state index is 13.9. The van der Waals surface area contributed by atoms with Gasteiger partial charge in [0, 0.05) is 29.0 Å². The number of carbonyl (C=O) groups is 2. The third kappa shape index (κ3) is 4.92. The lowest BCUT2D eigenvalue weighted by Crippen LogP contribution is -2.26. The highest BCUT2D eigenvalue weighted by atomic mass is 32.1. The molecule has 43 heavy (non-hydrogen) atoms. The Balaban J connectivity index is 1.64. The Morgan fingerprint density at radius 3 is 2.21 bits per heavy atom. The second kappa shape index (κ2) is 11.7. The van der Waals surface area contributed by atoms with Crippen LogP contribution in [0.2, 0.25) is 0 Å². The summed E-state index contributed by atoms with van der Waals surface area (Å²) in [5, 5.41) is 8.43. The van der Waals surface area contributed by atoms with E-state index in [1.807, 2.05) is 54.8 Å². The Hall–Kier alpha value is -4.35. The molecule has 1 heterocycles. The zero-order chi connectivity index (χ0) is 30.1. The van der Waals surface area contributed by atoms with Crippen molar-refractivity contribution in [1.82, 2.24) is 0 Å². The molecule has 0 atom stereocenters. The van der Waals surface area contributed by atoms with Gasteiger partial charge in [-0.25, -0.2) is 4.79 Å². The van der Waals surface area contributed by atoms with Gasteiger partial charge in [-0.15, -0.1) is 11.3 Å². The van der Waals surface area contributed by atoms with Crippen LogP contribution in [0.4, 0.5) is 0 Å². The van der Waals surface area contributed by atoms with Gasteiger partial charge in [-0.05, 0) is 81.9 Å². The van der Waals surface area contributed by atoms with Gasteiger partial charge in [0.05, 0.1) is 4.88 Å². The predicted molar refractivity (Wildman–Crippen MR) is 176 cm³/mol. The molecule has 5 aromatic rings. The molecule has 0 saturated carbocycles. The van der Waals surface area contributed by atoms with Crippen molar-refractivity contribution in [3.63, 3.8) is 0 Å². The molecule has 1 aromatic heterocycles. The summed E-state index contributed by atoms with van der Waals surface area (Å²) in [6.45, 7) is 7.88. The number of carbonyl (C=O) groups excluding carboxylic acids is 2. The normalized spacial score (nSPS) is 13.5. The van der Waals surface area contributed by atoms with Crippen LogP contribution in [0.5, 0.6) is 0 Å². The van der Waals surface area contributed by atoms with E-state index in [-0.39, 0.29) is 11.2 Å². The number of hydrogen-bond acceptors (Lipinski definition) is 5. The lowest BCUT2D eigenvalue weighted by atomic mass is 9.70. The van der Waals surface area contributed by atoms with Crippen molar-refractivity contribution in [2.75, 3.05) is 0 Å². The molecule has 0 saturated heterocycles. The molecule has 1 aliphatic rings. The highest BCUT2D eigenvalue weighted by Crippen LogP contribution is 2.56. The number of fused-ring (bicyclic) bond motifs is 5. The van der Waals surface area contributed by atoms with Crippen LogP contribution < -0.4 is 0 Å². The van der Waals surface area contributed by atoms with Gasteiger partial charge in [-0.2, -0.15) is 0 Å². The fourth-order valence-electron chi connectivity index (χ4n) is 6.94. The second-order valence-corrected chi connectivity index (χ2v) is 12.3. The number of hydrogen-bond donors (Lipinski definition) is 0. The maximum absolute atomic E-state index is 13.9. The smallest absolute Gasteiger partial charge is 0.318 e. The lowest BCUT2D eigenvalue weighted by Gasteiger charge is -2.32. The van der Waals surface area contributed by atoms with E-state index in [1.165, 1.54) is 40.5 Å². The third-order valence-electron chi connectivity index (χ3n) is 8.65. The summed E-state index contributed by atoms with van der Waals surface area (Å²) >= 11 is 1.49. The maximum Gasteiger partial charge on any atom is 0.332 e. The molecule has 5 heteroatoms. The SMILES string of the molecule is CCCC1(CCC)c2cc(/C(=N\OC(C)=O)c3ccccc3C)ccc2-c2c1cc(C(=O)c1cccs1)c1ccccc21. The summed E-state index contributed by atoms with van der Waals surface area (Å²) in [5.74, 6) is -0.386. The first-order valence-corrected chi connectivity index (χ1v) is 15.9. The van der Waals surface area contributed by atoms with E-state index in [2.05, 4.69) is 61.5 Å². The summed E-state index contributed by atoms with van der Waals surface area (Å²) < 4.78 is 0. The van der Waals surface area contributed by atoms with Crippen LogP contribution in [0.1, 0.15) is 89.5 Å². The third-order valence-corrected chi connectivity index (χ3v) is 9.52. The van der Waals surface area contributed by atoms with E-state index in [9.17, 15) is 9.59 Å². The minimum atomic E-state index is -0.458. The van der Waals surface area contributed by atoms with Gasteiger partial charge in [0.25, 0.3) is 0 Å². The van der Waals surface area contributed by atoms with Gasteiger partial charge < -0.3 is 4.84 Å². The van der Waals surface area contributed by atoms with Crippen molar-refractivity contribution in [2.24, 2.45) is 5.16 Å². The summed E-state index contributed by atoms with van der Waals surface area (Å²) in [7, 11) is 0. The minimum Gasteiger partial charge on any atom is -0.318 e. The zero-order valence-corrected chi connectivity index (χ0v) is 25.9. The number of rotatable bonds is 9. The molecule has 4 nitrogen and oxygen atoms in total. The van der Waals surface area contributed by atoms with Crippen molar-refractivity contribution in [3.8, 4) is 11.1 Å². The molecule has 1 aliphatic carbocycles. The first-order valence-electron chi connectivity index (χ1n) is 15.0. The number of ketones is 1. The van der Waals surface area contributed by atoms with Crippen molar-refractivity contribution in [2.45, 2.75) is 58.8 Å². The molecular formula is C38H35NO3S. The topological polar surface area (TPSA) is 55.7 Å².